The highest BCUT2D eigenvalue weighted by Gasteiger charge is 2.29. The minimum atomic E-state index is -0.547. The maximum Gasteiger partial charge on any atom is 0.408 e. The topological polar surface area (TPSA) is 97.4 Å². The zero-order valence-electron chi connectivity index (χ0n) is 20.1. The molecule has 7 heteroatoms. The molecule has 0 saturated carbocycles. The molecule has 0 bridgehead atoms. The van der Waals surface area contributed by atoms with Crippen molar-refractivity contribution in [1.82, 2.24) is 10.3 Å². The van der Waals surface area contributed by atoms with Crippen molar-refractivity contribution in [2.45, 2.75) is 65.2 Å². The fourth-order valence-electron chi connectivity index (χ4n) is 4.12. The van der Waals surface area contributed by atoms with Gasteiger partial charge in [0.1, 0.15) is 17.4 Å². The first-order valence-electron chi connectivity index (χ1n) is 11.4. The quantitative estimate of drug-likeness (QED) is 0.489. The van der Waals surface area contributed by atoms with E-state index in [0.717, 1.165) is 29.5 Å². The second-order valence-electron chi connectivity index (χ2n) is 9.63. The number of oxazole rings is 1. The summed E-state index contributed by atoms with van der Waals surface area (Å²) in [7, 11) is 0. The number of nitrogens with one attached hydrogen (secondary N) is 1. The minimum absolute atomic E-state index is 0.0277. The van der Waals surface area contributed by atoms with Gasteiger partial charge in [-0.25, -0.2) is 9.78 Å². The number of aromatic nitrogens is 1. The summed E-state index contributed by atoms with van der Waals surface area (Å²) in [5.74, 6) is 1.62. The highest BCUT2D eigenvalue weighted by atomic mass is 16.6. The Labute approximate surface area is 199 Å². The first-order valence-corrected chi connectivity index (χ1v) is 11.4. The second kappa shape index (κ2) is 9.22. The van der Waals surface area contributed by atoms with Crippen molar-refractivity contribution < 1.29 is 18.7 Å². The van der Waals surface area contributed by atoms with Crippen LogP contribution in [0.3, 0.4) is 0 Å². The summed E-state index contributed by atoms with van der Waals surface area (Å²) in [5, 5.41) is 12.5. The Kier molecular flexibility index (Phi) is 6.34. The van der Waals surface area contributed by atoms with Crippen LogP contribution >= 0.6 is 0 Å². The van der Waals surface area contributed by atoms with Crippen LogP contribution in [0.2, 0.25) is 0 Å². The molecular formula is C27H29N3O4. The van der Waals surface area contributed by atoms with Crippen LogP contribution in [0.4, 0.5) is 4.79 Å². The summed E-state index contributed by atoms with van der Waals surface area (Å²) in [5.41, 5.74) is 3.73. The number of carbonyl (C=O) groups excluding carboxylic acids is 1. The van der Waals surface area contributed by atoms with Gasteiger partial charge in [-0.3, -0.25) is 0 Å². The standard InChI is InChI=1S/C27H29N3O4/c1-16(2)32-23-12-9-17(13-18(23)14-28)25-29-15-24(33-25)21-8-6-7-20-19(21)10-11-22(20)30-26(31)34-27(3,4)5/h6-9,12-13,15-16,22H,10-11H2,1-5H3,(H,30,31)/t22-/m1/s1. The molecule has 0 unspecified atom stereocenters. The molecule has 0 fully saturated rings. The first-order chi connectivity index (χ1) is 16.1. The molecule has 0 radical (unpaired) electrons. The van der Waals surface area contributed by atoms with Crippen LogP contribution in [0.25, 0.3) is 22.8 Å². The van der Waals surface area contributed by atoms with Gasteiger partial charge in [0.15, 0.2) is 5.76 Å². The predicted octanol–water partition coefficient (Wildman–Crippen LogP) is 6.18. The van der Waals surface area contributed by atoms with Gasteiger partial charge in [-0.05, 0) is 76.8 Å². The van der Waals surface area contributed by atoms with Gasteiger partial charge in [-0.1, -0.05) is 18.2 Å². The Hall–Kier alpha value is -3.79. The Balaban J connectivity index is 1.58. The van der Waals surface area contributed by atoms with Crippen LogP contribution in [0.1, 0.15) is 63.8 Å². The van der Waals surface area contributed by atoms with Crippen molar-refractivity contribution in [2.75, 3.05) is 0 Å². The van der Waals surface area contributed by atoms with E-state index in [0.29, 0.717) is 28.5 Å². The average molecular weight is 460 g/mol. The number of nitrogens with zero attached hydrogens (tertiary/aromatic N) is 2. The summed E-state index contributed by atoms with van der Waals surface area (Å²) in [6.45, 7) is 9.38. The molecule has 34 heavy (non-hydrogen) atoms. The third-order valence-corrected chi connectivity index (χ3v) is 5.44. The summed E-state index contributed by atoms with van der Waals surface area (Å²) in [4.78, 5) is 16.7. The number of benzene rings is 2. The van der Waals surface area contributed by atoms with Crippen LogP contribution in [0.5, 0.6) is 5.75 Å². The number of hydrogen-bond donors (Lipinski definition) is 1. The molecule has 0 saturated heterocycles. The van der Waals surface area contributed by atoms with E-state index in [1.165, 1.54) is 0 Å². The predicted molar refractivity (Wildman–Crippen MR) is 128 cm³/mol. The molecule has 1 aliphatic carbocycles. The van der Waals surface area contributed by atoms with Gasteiger partial charge in [0, 0.05) is 11.1 Å². The monoisotopic (exact) mass is 459 g/mol. The fourth-order valence-corrected chi connectivity index (χ4v) is 4.12. The van der Waals surface area contributed by atoms with Gasteiger partial charge in [-0.2, -0.15) is 5.26 Å². The Morgan fingerprint density at radius 1 is 1.26 bits per heavy atom. The molecule has 4 rings (SSSR count). The lowest BCUT2D eigenvalue weighted by Crippen LogP contribution is -2.34. The van der Waals surface area contributed by atoms with Crippen molar-refractivity contribution in [1.29, 1.82) is 5.26 Å². The van der Waals surface area contributed by atoms with E-state index in [2.05, 4.69) is 16.4 Å². The number of amides is 1. The van der Waals surface area contributed by atoms with E-state index >= 15 is 0 Å². The minimum Gasteiger partial charge on any atom is -0.490 e. The smallest absolute Gasteiger partial charge is 0.408 e. The summed E-state index contributed by atoms with van der Waals surface area (Å²) < 4.78 is 17.2. The van der Waals surface area contributed by atoms with Gasteiger partial charge in [0.05, 0.1) is 23.9 Å². The Morgan fingerprint density at radius 3 is 2.76 bits per heavy atom. The molecule has 1 atom stereocenters. The van der Waals surface area contributed by atoms with Gasteiger partial charge in [0.25, 0.3) is 0 Å². The molecule has 3 aromatic rings. The van der Waals surface area contributed by atoms with E-state index in [1.807, 2.05) is 58.9 Å². The van der Waals surface area contributed by atoms with Crippen molar-refractivity contribution in [2.24, 2.45) is 0 Å². The third-order valence-electron chi connectivity index (χ3n) is 5.44. The van der Waals surface area contributed by atoms with Crippen LogP contribution in [-0.2, 0) is 11.2 Å². The molecule has 7 nitrogen and oxygen atoms in total. The van der Waals surface area contributed by atoms with E-state index < -0.39 is 11.7 Å². The third kappa shape index (κ3) is 5.07. The SMILES string of the molecule is CC(C)Oc1ccc(-c2ncc(-c3cccc4c3CC[C@H]4NC(=O)OC(C)(C)C)o2)cc1C#N. The molecule has 176 valence electrons. The number of rotatable bonds is 5. The Morgan fingerprint density at radius 2 is 2.06 bits per heavy atom. The van der Waals surface area contributed by atoms with E-state index in [9.17, 15) is 10.1 Å². The normalized spacial score (nSPS) is 15.0. The van der Waals surface area contributed by atoms with Crippen molar-refractivity contribution in [3.05, 3.63) is 59.3 Å². The van der Waals surface area contributed by atoms with Gasteiger partial charge < -0.3 is 19.2 Å². The van der Waals surface area contributed by atoms with Crippen molar-refractivity contribution >= 4 is 6.09 Å². The number of hydrogen-bond acceptors (Lipinski definition) is 6. The summed E-state index contributed by atoms with van der Waals surface area (Å²) >= 11 is 0. The Bertz CT molecular complexity index is 1250. The molecule has 1 N–H and O–H groups in total. The molecule has 1 amide bonds. The van der Waals surface area contributed by atoms with Crippen LogP contribution in [0.15, 0.2) is 47.0 Å². The number of nitriles is 1. The molecule has 1 aromatic heterocycles. The van der Waals surface area contributed by atoms with Gasteiger partial charge in [-0.15, -0.1) is 0 Å². The molecule has 1 heterocycles. The lowest BCUT2D eigenvalue weighted by atomic mass is 10.0. The number of alkyl carbamates (subject to hydrolysis) is 1. The van der Waals surface area contributed by atoms with Crippen LogP contribution in [-0.4, -0.2) is 22.8 Å². The lowest BCUT2D eigenvalue weighted by molar-refractivity contribution is 0.0503. The highest BCUT2D eigenvalue weighted by Crippen LogP contribution is 2.39. The van der Waals surface area contributed by atoms with Gasteiger partial charge >= 0.3 is 6.09 Å². The number of ether oxygens (including phenoxy) is 2. The number of fused-ring (bicyclic) bond motifs is 1. The molecule has 1 aliphatic rings. The second-order valence-corrected chi connectivity index (χ2v) is 9.63. The van der Waals surface area contributed by atoms with E-state index in [4.69, 9.17) is 13.9 Å². The maximum absolute atomic E-state index is 12.3. The maximum atomic E-state index is 12.3. The van der Waals surface area contributed by atoms with Crippen molar-refractivity contribution in [3.63, 3.8) is 0 Å². The lowest BCUT2D eigenvalue weighted by Gasteiger charge is -2.22. The molecule has 0 spiro atoms. The largest absolute Gasteiger partial charge is 0.490 e. The average Bonchev–Trinajstić information content (AvgIpc) is 3.40. The van der Waals surface area contributed by atoms with Crippen LogP contribution in [0, 0.1) is 11.3 Å². The van der Waals surface area contributed by atoms with Crippen LogP contribution < -0.4 is 10.1 Å². The summed E-state index contributed by atoms with van der Waals surface area (Å²) in [6, 6.07) is 13.4. The number of carbonyl (C=O) groups is 1. The highest BCUT2D eigenvalue weighted by molar-refractivity contribution is 5.71. The van der Waals surface area contributed by atoms with E-state index in [1.54, 1.807) is 18.3 Å². The van der Waals surface area contributed by atoms with Gasteiger partial charge in [0.2, 0.25) is 5.89 Å². The molecule has 0 aliphatic heterocycles. The molecular weight excluding hydrogens is 430 g/mol. The zero-order chi connectivity index (χ0) is 24.5. The first kappa shape index (κ1) is 23.4. The zero-order valence-corrected chi connectivity index (χ0v) is 20.1. The fraction of sp³-hybridized carbons (Fsp3) is 0.370. The molecule has 2 aromatic carbocycles. The van der Waals surface area contributed by atoms with Crippen molar-refractivity contribution in [3.8, 4) is 34.6 Å². The summed E-state index contributed by atoms with van der Waals surface area (Å²) in [6.07, 6.45) is 2.84. The van der Waals surface area contributed by atoms with E-state index in [-0.39, 0.29) is 12.1 Å².